The van der Waals surface area contributed by atoms with E-state index in [1.54, 1.807) is 25.2 Å². The molecule has 4 nitrogen and oxygen atoms in total. The van der Waals surface area contributed by atoms with Gasteiger partial charge in [-0.05, 0) is 12.1 Å². The molecule has 0 aromatic heterocycles. The summed E-state index contributed by atoms with van der Waals surface area (Å²) in [7, 11) is 1.59. The molecule has 1 aromatic rings. The van der Waals surface area contributed by atoms with Crippen molar-refractivity contribution in [2.45, 2.75) is 18.6 Å². The van der Waals surface area contributed by atoms with E-state index < -0.39 is 5.79 Å². The van der Waals surface area contributed by atoms with Crippen molar-refractivity contribution < 1.29 is 19.0 Å². The van der Waals surface area contributed by atoms with Crippen molar-refractivity contribution in [1.82, 2.24) is 0 Å². The Morgan fingerprint density at radius 1 is 1.32 bits per heavy atom. The SMILES string of the molecule is COc1ccc(C=C=O)c2c1OC1(CCSCC1)O2. The third-order valence-corrected chi connectivity index (χ3v) is 4.36. The average Bonchev–Trinajstić information content (AvgIpc) is 2.79. The first-order valence-corrected chi connectivity index (χ1v) is 7.31. The standard InChI is InChI=1S/C14H14O4S/c1-16-11-3-2-10(4-7-15)12-13(11)18-14(17-12)5-8-19-9-6-14/h2-4H,5-6,8-9H2,1H3. The molecule has 0 atom stereocenters. The van der Waals surface area contributed by atoms with Crippen molar-refractivity contribution >= 4 is 23.8 Å². The Kier molecular flexibility index (Phi) is 3.17. The van der Waals surface area contributed by atoms with E-state index in [-0.39, 0.29) is 0 Å². The van der Waals surface area contributed by atoms with Gasteiger partial charge in [0.15, 0.2) is 11.5 Å². The highest BCUT2D eigenvalue weighted by atomic mass is 32.2. The largest absolute Gasteiger partial charge is 0.493 e. The highest BCUT2D eigenvalue weighted by Gasteiger charge is 2.45. The number of fused-ring (bicyclic) bond motifs is 1. The summed E-state index contributed by atoms with van der Waals surface area (Å²) in [5.41, 5.74) is 0.681. The lowest BCUT2D eigenvalue weighted by atomic mass is 10.1. The third kappa shape index (κ3) is 2.09. The maximum absolute atomic E-state index is 10.6. The van der Waals surface area contributed by atoms with Gasteiger partial charge in [0.05, 0.1) is 7.11 Å². The van der Waals surface area contributed by atoms with Crippen LogP contribution in [0.25, 0.3) is 6.08 Å². The molecule has 0 unspecified atom stereocenters. The van der Waals surface area contributed by atoms with E-state index >= 15 is 0 Å². The molecule has 3 rings (SSSR count). The second-order valence-electron chi connectivity index (χ2n) is 4.50. The van der Waals surface area contributed by atoms with Crippen LogP contribution in [0.15, 0.2) is 12.1 Å². The zero-order valence-corrected chi connectivity index (χ0v) is 11.4. The fraction of sp³-hybridized carbons (Fsp3) is 0.429. The summed E-state index contributed by atoms with van der Waals surface area (Å²) in [6.45, 7) is 0. The van der Waals surface area contributed by atoms with Crippen LogP contribution < -0.4 is 14.2 Å². The van der Waals surface area contributed by atoms with Crippen LogP contribution in [0, 0.1) is 0 Å². The van der Waals surface area contributed by atoms with Crippen molar-refractivity contribution in [2.24, 2.45) is 0 Å². The smallest absolute Gasteiger partial charge is 0.253 e. The number of methoxy groups -OCH3 is 1. The zero-order chi connectivity index (χ0) is 13.3. The summed E-state index contributed by atoms with van der Waals surface area (Å²) in [4.78, 5) is 10.6. The van der Waals surface area contributed by atoms with E-state index in [0.717, 1.165) is 24.3 Å². The number of ether oxygens (including phenoxy) is 3. The minimum Gasteiger partial charge on any atom is -0.493 e. The van der Waals surface area contributed by atoms with Gasteiger partial charge in [0, 0.05) is 36.0 Å². The summed E-state index contributed by atoms with van der Waals surface area (Å²) in [6, 6.07) is 3.56. The second-order valence-corrected chi connectivity index (χ2v) is 5.73. The molecule has 19 heavy (non-hydrogen) atoms. The lowest BCUT2D eigenvalue weighted by molar-refractivity contribution is -0.0851. The summed E-state index contributed by atoms with van der Waals surface area (Å²) in [5, 5.41) is 0. The molecule has 100 valence electrons. The number of hydrogen-bond acceptors (Lipinski definition) is 5. The minimum atomic E-state index is -0.590. The molecule has 2 heterocycles. The summed E-state index contributed by atoms with van der Waals surface area (Å²) >= 11 is 1.90. The van der Waals surface area contributed by atoms with Crippen LogP contribution in [-0.4, -0.2) is 30.3 Å². The van der Waals surface area contributed by atoms with Gasteiger partial charge in [-0.15, -0.1) is 0 Å². The average molecular weight is 278 g/mol. The molecule has 0 aliphatic carbocycles. The molecule has 0 bridgehead atoms. The molecule has 0 amide bonds. The fourth-order valence-electron chi connectivity index (χ4n) is 2.38. The van der Waals surface area contributed by atoms with Gasteiger partial charge in [0.1, 0.15) is 5.94 Å². The highest BCUT2D eigenvalue weighted by Crippen LogP contribution is 2.51. The van der Waals surface area contributed by atoms with E-state index in [1.165, 1.54) is 6.08 Å². The van der Waals surface area contributed by atoms with Crippen molar-refractivity contribution in [2.75, 3.05) is 18.6 Å². The van der Waals surface area contributed by atoms with Crippen molar-refractivity contribution in [3.05, 3.63) is 17.7 Å². The number of benzene rings is 1. The van der Waals surface area contributed by atoms with Crippen LogP contribution in [0.1, 0.15) is 18.4 Å². The van der Waals surface area contributed by atoms with Gasteiger partial charge in [-0.2, -0.15) is 11.8 Å². The Morgan fingerprint density at radius 2 is 2.05 bits per heavy atom. The molecule has 1 saturated heterocycles. The Balaban J connectivity index is 2.04. The van der Waals surface area contributed by atoms with Gasteiger partial charge in [-0.1, -0.05) is 0 Å². The molecular formula is C14H14O4S. The number of carbonyl (C=O) groups excluding carboxylic acids is 1. The summed E-state index contributed by atoms with van der Waals surface area (Å²) in [6.07, 6.45) is 3.03. The van der Waals surface area contributed by atoms with Crippen LogP contribution in [0.3, 0.4) is 0 Å². The van der Waals surface area contributed by atoms with Gasteiger partial charge in [-0.3, -0.25) is 0 Å². The minimum absolute atomic E-state index is 0.590. The van der Waals surface area contributed by atoms with Gasteiger partial charge < -0.3 is 14.2 Å². The van der Waals surface area contributed by atoms with Crippen molar-refractivity contribution in [3.63, 3.8) is 0 Å². The van der Waals surface area contributed by atoms with E-state index in [0.29, 0.717) is 22.8 Å². The quantitative estimate of drug-likeness (QED) is 0.778. The first-order chi connectivity index (χ1) is 9.28. The van der Waals surface area contributed by atoms with Crippen LogP contribution in [0.2, 0.25) is 0 Å². The molecule has 0 radical (unpaired) electrons. The molecular weight excluding hydrogens is 264 g/mol. The van der Waals surface area contributed by atoms with Crippen molar-refractivity contribution in [3.8, 4) is 17.2 Å². The highest BCUT2D eigenvalue weighted by molar-refractivity contribution is 7.99. The maximum atomic E-state index is 10.6. The van der Waals surface area contributed by atoms with Crippen LogP contribution in [0.5, 0.6) is 17.2 Å². The van der Waals surface area contributed by atoms with Crippen LogP contribution in [0.4, 0.5) is 0 Å². The topological polar surface area (TPSA) is 44.8 Å². The molecule has 0 saturated carbocycles. The Hall–Kier alpha value is -1.58. The van der Waals surface area contributed by atoms with E-state index in [2.05, 4.69) is 0 Å². The van der Waals surface area contributed by atoms with Gasteiger partial charge in [0.25, 0.3) is 5.79 Å². The number of rotatable bonds is 2. The summed E-state index contributed by atoms with van der Waals surface area (Å²) in [5.74, 6) is 5.04. The maximum Gasteiger partial charge on any atom is 0.253 e. The van der Waals surface area contributed by atoms with Gasteiger partial charge >= 0.3 is 0 Å². The molecule has 1 fully saturated rings. The van der Waals surface area contributed by atoms with Crippen LogP contribution >= 0.6 is 11.8 Å². The predicted octanol–water partition coefficient (Wildman–Crippen LogP) is 2.53. The third-order valence-electron chi connectivity index (χ3n) is 3.37. The molecule has 5 heteroatoms. The lowest BCUT2D eigenvalue weighted by Gasteiger charge is -2.31. The molecule has 0 N–H and O–H groups in total. The van der Waals surface area contributed by atoms with Gasteiger partial charge in [0.2, 0.25) is 5.75 Å². The number of thioether (sulfide) groups is 1. The molecule has 1 aromatic carbocycles. The normalized spacial score (nSPS) is 19.0. The Labute approximate surface area is 115 Å². The predicted molar refractivity (Wildman–Crippen MR) is 73.7 cm³/mol. The second kappa shape index (κ2) is 4.83. The van der Waals surface area contributed by atoms with Gasteiger partial charge in [-0.25, -0.2) is 4.79 Å². The fourth-order valence-corrected chi connectivity index (χ4v) is 3.49. The first-order valence-electron chi connectivity index (χ1n) is 6.16. The molecule has 1 spiro atoms. The Bertz CT molecular complexity index is 543. The monoisotopic (exact) mass is 278 g/mol. The molecule has 2 aliphatic heterocycles. The lowest BCUT2D eigenvalue weighted by Crippen LogP contribution is -2.42. The van der Waals surface area contributed by atoms with Crippen LogP contribution in [-0.2, 0) is 4.79 Å². The Morgan fingerprint density at radius 3 is 2.74 bits per heavy atom. The number of hydrogen-bond donors (Lipinski definition) is 0. The van der Waals surface area contributed by atoms with E-state index in [4.69, 9.17) is 14.2 Å². The summed E-state index contributed by atoms with van der Waals surface area (Å²) < 4.78 is 17.4. The van der Waals surface area contributed by atoms with E-state index in [1.807, 2.05) is 11.8 Å². The first kappa shape index (κ1) is 12.5. The zero-order valence-electron chi connectivity index (χ0n) is 10.6. The molecule has 2 aliphatic rings. The van der Waals surface area contributed by atoms with E-state index in [9.17, 15) is 4.79 Å². The van der Waals surface area contributed by atoms with Crippen molar-refractivity contribution in [1.29, 1.82) is 0 Å².